The number of aliphatic hydroxyl groups excluding tert-OH is 1. The molecule has 1 unspecified atom stereocenters. The van der Waals surface area contributed by atoms with Gasteiger partial charge in [0.05, 0.1) is 12.6 Å². The van der Waals surface area contributed by atoms with Crippen molar-refractivity contribution in [3.8, 4) is 11.8 Å². The molecule has 1 N–H and O–H groups in total. The van der Waals surface area contributed by atoms with Crippen molar-refractivity contribution in [1.82, 2.24) is 0 Å². The number of rotatable bonds is 1. The van der Waals surface area contributed by atoms with Crippen molar-refractivity contribution in [2.75, 3.05) is 18.0 Å². The molecule has 1 atom stereocenters. The fourth-order valence-corrected chi connectivity index (χ4v) is 1.95. The maximum absolute atomic E-state index is 9.84. The van der Waals surface area contributed by atoms with Gasteiger partial charge in [-0.3, -0.25) is 0 Å². The van der Waals surface area contributed by atoms with E-state index in [1.165, 1.54) is 0 Å². The van der Waals surface area contributed by atoms with Crippen molar-refractivity contribution in [3.05, 3.63) is 29.8 Å². The molecular formula is C13H15NO. The molecule has 0 fully saturated rings. The number of hydrogen-bond donors (Lipinski definition) is 1. The normalized spacial score (nSPS) is 19.1. The first-order valence-electron chi connectivity index (χ1n) is 5.24. The minimum absolute atomic E-state index is 0.313. The minimum atomic E-state index is -0.313. The standard InChI is InChI=1S/C13H15NO/c1-2-3-9-14-10-8-13(15)11-6-4-5-7-12(11)14/h4-7,13,15H,8-10H2,1H3. The molecule has 0 bridgehead atoms. The third-order valence-corrected chi connectivity index (χ3v) is 2.76. The van der Waals surface area contributed by atoms with Crippen LogP contribution in [0.3, 0.4) is 0 Å². The SMILES string of the molecule is CC#CCN1CCC(O)c2ccccc21. The Morgan fingerprint density at radius 1 is 1.47 bits per heavy atom. The molecule has 0 amide bonds. The molecule has 1 aromatic rings. The summed E-state index contributed by atoms with van der Waals surface area (Å²) in [5, 5.41) is 9.84. The zero-order valence-electron chi connectivity index (χ0n) is 8.90. The lowest BCUT2D eigenvalue weighted by Crippen LogP contribution is -2.31. The molecule has 0 radical (unpaired) electrons. The van der Waals surface area contributed by atoms with E-state index in [0.29, 0.717) is 0 Å². The number of fused-ring (bicyclic) bond motifs is 1. The molecule has 15 heavy (non-hydrogen) atoms. The van der Waals surface area contributed by atoms with E-state index in [4.69, 9.17) is 0 Å². The quantitative estimate of drug-likeness (QED) is 0.702. The lowest BCUT2D eigenvalue weighted by atomic mass is 9.99. The van der Waals surface area contributed by atoms with Crippen LogP contribution in [0.5, 0.6) is 0 Å². The van der Waals surface area contributed by atoms with Crippen LogP contribution in [0.15, 0.2) is 24.3 Å². The van der Waals surface area contributed by atoms with Crippen LogP contribution in [0.4, 0.5) is 5.69 Å². The third kappa shape index (κ3) is 1.98. The molecule has 2 rings (SSSR count). The second-order valence-corrected chi connectivity index (χ2v) is 3.71. The van der Waals surface area contributed by atoms with Gasteiger partial charge in [0.1, 0.15) is 0 Å². The molecular weight excluding hydrogens is 186 g/mol. The predicted octanol–water partition coefficient (Wildman–Crippen LogP) is 1.95. The second kappa shape index (κ2) is 4.37. The minimum Gasteiger partial charge on any atom is -0.388 e. The number of hydrogen-bond acceptors (Lipinski definition) is 2. The Kier molecular flexibility index (Phi) is 2.94. The van der Waals surface area contributed by atoms with Crippen molar-refractivity contribution in [1.29, 1.82) is 0 Å². The summed E-state index contributed by atoms with van der Waals surface area (Å²) in [4.78, 5) is 2.22. The lowest BCUT2D eigenvalue weighted by Gasteiger charge is -2.32. The van der Waals surface area contributed by atoms with Gasteiger partial charge in [-0.15, -0.1) is 5.92 Å². The highest BCUT2D eigenvalue weighted by Gasteiger charge is 2.21. The molecule has 2 nitrogen and oxygen atoms in total. The average molecular weight is 201 g/mol. The average Bonchev–Trinajstić information content (AvgIpc) is 2.29. The van der Waals surface area contributed by atoms with Crippen LogP contribution in [0.1, 0.15) is 25.0 Å². The molecule has 0 saturated heterocycles. The van der Waals surface area contributed by atoms with Gasteiger partial charge in [-0.05, 0) is 19.4 Å². The van der Waals surface area contributed by atoms with Crippen molar-refractivity contribution in [2.45, 2.75) is 19.4 Å². The molecule has 1 aliphatic heterocycles. The van der Waals surface area contributed by atoms with Crippen molar-refractivity contribution >= 4 is 5.69 Å². The topological polar surface area (TPSA) is 23.5 Å². The number of para-hydroxylation sites is 1. The van der Waals surface area contributed by atoms with Gasteiger partial charge in [0, 0.05) is 17.8 Å². The Morgan fingerprint density at radius 2 is 2.27 bits per heavy atom. The molecule has 1 aliphatic rings. The Labute approximate surface area is 90.5 Å². The fraction of sp³-hybridized carbons (Fsp3) is 0.385. The monoisotopic (exact) mass is 201 g/mol. The Bertz CT molecular complexity index is 402. The third-order valence-electron chi connectivity index (χ3n) is 2.76. The maximum Gasteiger partial charge on any atom is 0.0826 e. The molecule has 78 valence electrons. The number of benzene rings is 1. The van der Waals surface area contributed by atoms with E-state index < -0.39 is 0 Å². The zero-order chi connectivity index (χ0) is 10.7. The highest BCUT2D eigenvalue weighted by atomic mass is 16.3. The largest absolute Gasteiger partial charge is 0.388 e. The second-order valence-electron chi connectivity index (χ2n) is 3.71. The summed E-state index contributed by atoms with van der Waals surface area (Å²) in [6.07, 6.45) is 0.481. The highest BCUT2D eigenvalue weighted by molar-refractivity contribution is 5.57. The molecule has 1 aromatic carbocycles. The van der Waals surface area contributed by atoms with Crippen LogP contribution in [-0.4, -0.2) is 18.2 Å². The first kappa shape index (κ1) is 10.1. The zero-order valence-corrected chi connectivity index (χ0v) is 8.90. The summed E-state index contributed by atoms with van der Waals surface area (Å²) in [6, 6.07) is 8.01. The lowest BCUT2D eigenvalue weighted by molar-refractivity contribution is 0.164. The number of nitrogens with zero attached hydrogens (tertiary/aromatic N) is 1. The van der Waals surface area contributed by atoms with Crippen LogP contribution in [0, 0.1) is 11.8 Å². The summed E-state index contributed by atoms with van der Waals surface area (Å²) in [5.41, 5.74) is 2.15. The van der Waals surface area contributed by atoms with E-state index in [-0.39, 0.29) is 6.10 Å². The van der Waals surface area contributed by atoms with Crippen LogP contribution >= 0.6 is 0 Å². The van der Waals surface area contributed by atoms with Crippen LogP contribution in [-0.2, 0) is 0 Å². The van der Waals surface area contributed by atoms with E-state index in [1.807, 2.05) is 25.1 Å². The van der Waals surface area contributed by atoms with Gasteiger partial charge in [-0.1, -0.05) is 24.1 Å². The Hall–Kier alpha value is -1.46. The molecule has 0 aliphatic carbocycles. The molecule has 2 heteroatoms. The van der Waals surface area contributed by atoms with E-state index >= 15 is 0 Å². The van der Waals surface area contributed by atoms with Gasteiger partial charge in [0.15, 0.2) is 0 Å². The molecule has 0 spiro atoms. The Morgan fingerprint density at radius 3 is 3.07 bits per heavy atom. The number of aliphatic hydroxyl groups is 1. The van der Waals surface area contributed by atoms with Gasteiger partial charge in [-0.25, -0.2) is 0 Å². The maximum atomic E-state index is 9.84. The van der Waals surface area contributed by atoms with E-state index in [2.05, 4.69) is 22.8 Å². The first-order chi connectivity index (χ1) is 7.33. The summed E-state index contributed by atoms with van der Waals surface area (Å²) in [5.74, 6) is 5.97. The van der Waals surface area contributed by atoms with E-state index in [1.54, 1.807) is 0 Å². The van der Waals surface area contributed by atoms with Crippen molar-refractivity contribution < 1.29 is 5.11 Å². The van der Waals surface area contributed by atoms with Crippen LogP contribution in [0.2, 0.25) is 0 Å². The summed E-state index contributed by atoms with van der Waals surface area (Å²) in [7, 11) is 0. The predicted molar refractivity (Wildman–Crippen MR) is 61.7 cm³/mol. The van der Waals surface area contributed by atoms with Crippen LogP contribution in [0.25, 0.3) is 0 Å². The fourth-order valence-electron chi connectivity index (χ4n) is 1.95. The van der Waals surface area contributed by atoms with Crippen molar-refractivity contribution in [2.24, 2.45) is 0 Å². The van der Waals surface area contributed by atoms with Gasteiger partial charge in [0.2, 0.25) is 0 Å². The smallest absolute Gasteiger partial charge is 0.0826 e. The van der Waals surface area contributed by atoms with Crippen molar-refractivity contribution in [3.63, 3.8) is 0 Å². The van der Waals surface area contributed by atoms with Gasteiger partial charge in [0.25, 0.3) is 0 Å². The molecule has 0 aromatic heterocycles. The molecule has 0 saturated carbocycles. The molecule has 1 heterocycles. The summed E-state index contributed by atoms with van der Waals surface area (Å²) < 4.78 is 0. The summed E-state index contributed by atoms with van der Waals surface area (Å²) in [6.45, 7) is 3.48. The summed E-state index contributed by atoms with van der Waals surface area (Å²) >= 11 is 0. The first-order valence-corrected chi connectivity index (χ1v) is 5.24. The van der Waals surface area contributed by atoms with Crippen LogP contribution < -0.4 is 4.90 Å². The van der Waals surface area contributed by atoms with Gasteiger partial charge < -0.3 is 10.0 Å². The Balaban J connectivity index is 2.30. The van der Waals surface area contributed by atoms with Gasteiger partial charge in [-0.2, -0.15) is 0 Å². The van der Waals surface area contributed by atoms with E-state index in [0.717, 1.165) is 30.8 Å². The number of anilines is 1. The van der Waals surface area contributed by atoms with E-state index in [9.17, 15) is 5.11 Å². The highest BCUT2D eigenvalue weighted by Crippen LogP contribution is 2.32. The van der Waals surface area contributed by atoms with Gasteiger partial charge >= 0.3 is 0 Å².